The largest absolute Gasteiger partial charge is 0.489 e. The number of rotatable bonds is 16. The minimum absolute atomic E-state index is 0.268. The predicted molar refractivity (Wildman–Crippen MR) is 159 cm³/mol. The smallest absolute Gasteiger partial charge is 0.323 e. The average Bonchev–Trinajstić information content (AvgIpc) is 3.15. The first-order chi connectivity index (χ1) is 18.4. The summed E-state index contributed by atoms with van der Waals surface area (Å²) in [5.74, 6) is -0.620. The summed E-state index contributed by atoms with van der Waals surface area (Å²) < 4.78 is 6.55. The molecule has 0 saturated carbocycles. The van der Waals surface area contributed by atoms with Gasteiger partial charge in [0.05, 0.1) is 4.91 Å². The zero-order valence-electron chi connectivity index (χ0n) is 22.4. The predicted octanol–water partition coefficient (Wildman–Crippen LogP) is 6.73. The number of ether oxygens (including phenoxy) is 1. The highest BCUT2D eigenvalue weighted by atomic mass is 32.2. The molecule has 0 spiro atoms. The molecular weight excluding hydrogens is 516 g/mol. The maximum absolute atomic E-state index is 12.8. The molecule has 1 heterocycles. The number of carbonyl (C=O) groups is 2. The molecule has 0 aliphatic carbocycles. The van der Waals surface area contributed by atoms with E-state index in [1.807, 2.05) is 30.3 Å². The Kier molecular flexibility index (Phi) is 12.3. The second-order valence-electron chi connectivity index (χ2n) is 9.49. The first-order valence-electron chi connectivity index (χ1n) is 13.4. The van der Waals surface area contributed by atoms with E-state index in [-0.39, 0.29) is 10.2 Å². The second kappa shape index (κ2) is 15.7. The Morgan fingerprint density at radius 2 is 1.74 bits per heavy atom. The fourth-order valence-electron chi connectivity index (χ4n) is 4.29. The molecule has 0 aromatic heterocycles. The van der Waals surface area contributed by atoms with Crippen molar-refractivity contribution in [1.82, 2.24) is 9.80 Å². The molecule has 0 bridgehead atoms. The fourth-order valence-corrected chi connectivity index (χ4v) is 5.55. The minimum Gasteiger partial charge on any atom is -0.489 e. The molecule has 3 rings (SSSR count). The van der Waals surface area contributed by atoms with Crippen molar-refractivity contribution in [2.24, 2.45) is 0 Å². The third kappa shape index (κ3) is 9.26. The number of carboxylic acids is 1. The standard InChI is InChI=1S/C30H38N2O4S2/c1-3-5-10-16-31(17-11-6-4-2)20-25-18-24(14-15-26(25)36-22-23-12-8-7-9-13-23)19-27-29(35)32(21-28(33)34)30(37)38-27/h7-9,12-15,18-19H,3-6,10-11,16-17,20-22H2,1-2H3,(H,33,34). The van der Waals surface area contributed by atoms with E-state index in [2.05, 4.69) is 36.9 Å². The molecule has 1 amide bonds. The van der Waals surface area contributed by atoms with Crippen LogP contribution in [0.5, 0.6) is 5.75 Å². The zero-order valence-corrected chi connectivity index (χ0v) is 24.0. The van der Waals surface area contributed by atoms with Crippen LogP contribution in [0.2, 0.25) is 0 Å². The van der Waals surface area contributed by atoms with Crippen LogP contribution in [0.3, 0.4) is 0 Å². The third-order valence-electron chi connectivity index (χ3n) is 6.34. The summed E-state index contributed by atoms with van der Waals surface area (Å²) in [5.41, 5.74) is 3.04. The van der Waals surface area contributed by atoms with Gasteiger partial charge in [0.25, 0.3) is 5.91 Å². The van der Waals surface area contributed by atoms with Crippen molar-refractivity contribution >= 4 is 46.3 Å². The number of aliphatic carboxylic acids is 1. The number of nitrogens with zero attached hydrogens (tertiary/aromatic N) is 2. The Labute approximate surface area is 236 Å². The van der Waals surface area contributed by atoms with Crippen molar-refractivity contribution < 1.29 is 19.4 Å². The number of hydrogen-bond acceptors (Lipinski definition) is 6. The highest BCUT2D eigenvalue weighted by molar-refractivity contribution is 8.26. The number of benzene rings is 2. The van der Waals surface area contributed by atoms with E-state index in [4.69, 9.17) is 22.1 Å². The van der Waals surface area contributed by atoms with Gasteiger partial charge in [0, 0.05) is 12.1 Å². The summed E-state index contributed by atoms with van der Waals surface area (Å²) in [6.45, 7) is 7.33. The lowest BCUT2D eigenvalue weighted by Crippen LogP contribution is -2.33. The molecule has 38 heavy (non-hydrogen) atoms. The van der Waals surface area contributed by atoms with E-state index in [1.165, 1.54) is 25.7 Å². The zero-order chi connectivity index (χ0) is 27.3. The quantitative estimate of drug-likeness (QED) is 0.140. The van der Waals surface area contributed by atoms with Crippen molar-refractivity contribution in [3.8, 4) is 5.75 Å². The fraction of sp³-hybridized carbons (Fsp3) is 0.433. The Bertz CT molecular complexity index is 1110. The van der Waals surface area contributed by atoms with Crippen LogP contribution in [0.25, 0.3) is 6.08 Å². The molecule has 2 aromatic rings. The van der Waals surface area contributed by atoms with Crippen molar-refractivity contribution in [3.05, 3.63) is 70.1 Å². The monoisotopic (exact) mass is 554 g/mol. The summed E-state index contributed by atoms with van der Waals surface area (Å²) in [6.07, 6.45) is 8.90. The van der Waals surface area contributed by atoms with Crippen LogP contribution in [0.4, 0.5) is 0 Å². The Morgan fingerprint density at radius 1 is 1.05 bits per heavy atom. The van der Waals surface area contributed by atoms with Crippen molar-refractivity contribution in [3.63, 3.8) is 0 Å². The van der Waals surface area contributed by atoms with E-state index >= 15 is 0 Å². The van der Waals surface area contributed by atoms with Gasteiger partial charge in [-0.25, -0.2) is 0 Å². The molecule has 8 heteroatoms. The maximum atomic E-state index is 12.8. The van der Waals surface area contributed by atoms with Crippen LogP contribution in [0.15, 0.2) is 53.4 Å². The highest BCUT2D eigenvalue weighted by Gasteiger charge is 2.33. The van der Waals surface area contributed by atoms with Gasteiger partial charge < -0.3 is 9.84 Å². The number of carbonyl (C=O) groups excluding carboxylic acids is 1. The summed E-state index contributed by atoms with van der Waals surface area (Å²) >= 11 is 6.39. The topological polar surface area (TPSA) is 70.1 Å². The van der Waals surface area contributed by atoms with Crippen LogP contribution in [-0.2, 0) is 22.7 Å². The number of hydrogen-bond donors (Lipinski definition) is 1. The summed E-state index contributed by atoms with van der Waals surface area (Å²) in [6, 6.07) is 16.1. The van der Waals surface area contributed by atoms with Gasteiger partial charge in [-0.05, 0) is 55.3 Å². The minimum atomic E-state index is -1.09. The first-order valence-corrected chi connectivity index (χ1v) is 14.6. The van der Waals surface area contributed by atoms with Gasteiger partial charge >= 0.3 is 5.97 Å². The third-order valence-corrected chi connectivity index (χ3v) is 7.71. The number of thiocarbonyl (C=S) groups is 1. The lowest BCUT2D eigenvalue weighted by Gasteiger charge is -2.24. The van der Waals surface area contributed by atoms with Gasteiger partial charge in [-0.2, -0.15) is 0 Å². The second-order valence-corrected chi connectivity index (χ2v) is 11.2. The number of carboxylic acid groups (broad SMARTS) is 1. The first kappa shape index (κ1) is 29.9. The van der Waals surface area contributed by atoms with Crippen LogP contribution in [0.1, 0.15) is 69.1 Å². The molecule has 1 aliphatic heterocycles. The van der Waals surface area contributed by atoms with E-state index < -0.39 is 12.5 Å². The SMILES string of the molecule is CCCCCN(CCCCC)Cc1cc(C=C2SC(=S)N(CC(=O)O)C2=O)ccc1OCc1ccccc1. The van der Waals surface area contributed by atoms with Crippen molar-refractivity contribution in [2.45, 2.75) is 65.5 Å². The Hall–Kier alpha value is -2.68. The highest BCUT2D eigenvalue weighted by Crippen LogP contribution is 2.33. The lowest BCUT2D eigenvalue weighted by atomic mass is 10.1. The molecule has 6 nitrogen and oxygen atoms in total. The van der Waals surface area contributed by atoms with Crippen molar-refractivity contribution in [2.75, 3.05) is 19.6 Å². The van der Waals surface area contributed by atoms with Crippen LogP contribution in [0, 0.1) is 0 Å². The summed E-state index contributed by atoms with van der Waals surface area (Å²) in [7, 11) is 0. The molecule has 1 aliphatic rings. The average molecular weight is 555 g/mol. The summed E-state index contributed by atoms with van der Waals surface area (Å²) in [4.78, 5) is 28.0. The number of thioether (sulfide) groups is 1. The molecule has 1 N–H and O–H groups in total. The van der Waals surface area contributed by atoms with Crippen LogP contribution >= 0.6 is 24.0 Å². The van der Waals surface area contributed by atoms with E-state index in [1.54, 1.807) is 6.08 Å². The number of amides is 1. The van der Waals surface area contributed by atoms with Gasteiger partial charge in [-0.1, -0.05) is 99.9 Å². The molecule has 2 aromatic carbocycles. The van der Waals surface area contributed by atoms with E-state index in [0.717, 1.165) is 71.6 Å². The van der Waals surface area contributed by atoms with Crippen molar-refractivity contribution in [1.29, 1.82) is 0 Å². The van der Waals surface area contributed by atoms with Gasteiger partial charge in [-0.3, -0.25) is 19.4 Å². The van der Waals surface area contributed by atoms with Gasteiger partial charge in [0.2, 0.25) is 0 Å². The lowest BCUT2D eigenvalue weighted by molar-refractivity contribution is -0.140. The van der Waals surface area contributed by atoms with Crippen LogP contribution < -0.4 is 4.74 Å². The molecule has 0 unspecified atom stereocenters. The van der Waals surface area contributed by atoms with Crippen LogP contribution in [-0.4, -0.2) is 50.7 Å². The molecule has 0 atom stereocenters. The molecule has 204 valence electrons. The summed E-state index contributed by atoms with van der Waals surface area (Å²) in [5, 5.41) is 9.12. The number of unbranched alkanes of at least 4 members (excludes halogenated alkanes) is 4. The maximum Gasteiger partial charge on any atom is 0.323 e. The molecular formula is C30H38N2O4S2. The van der Waals surface area contributed by atoms with E-state index in [0.29, 0.717) is 11.5 Å². The normalized spacial score (nSPS) is 14.6. The van der Waals surface area contributed by atoms with Gasteiger partial charge in [-0.15, -0.1) is 0 Å². The Morgan fingerprint density at radius 3 is 2.37 bits per heavy atom. The molecule has 1 fully saturated rings. The molecule has 0 radical (unpaired) electrons. The molecule has 1 saturated heterocycles. The van der Waals surface area contributed by atoms with Gasteiger partial charge in [0.1, 0.15) is 23.2 Å². The Balaban J connectivity index is 1.86. The van der Waals surface area contributed by atoms with Gasteiger partial charge in [0.15, 0.2) is 0 Å². The van der Waals surface area contributed by atoms with E-state index in [9.17, 15) is 9.59 Å².